The number of aliphatic hydroxyl groups excluding tert-OH is 2. The van der Waals surface area contributed by atoms with Crippen LogP contribution in [0.3, 0.4) is 0 Å². The van der Waals surface area contributed by atoms with Crippen molar-refractivity contribution in [2.24, 2.45) is 0 Å². The van der Waals surface area contributed by atoms with Gasteiger partial charge in [-0.05, 0) is 0 Å². The fourth-order valence-corrected chi connectivity index (χ4v) is 1.42. The molecule has 2 rings (SSSR count). The third kappa shape index (κ3) is 2.05. The van der Waals surface area contributed by atoms with Gasteiger partial charge < -0.3 is 29.2 Å². The summed E-state index contributed by atoms with van der Waals surface area (Å²) in [4.78, 5) is 0. The van der Waals surface area contributed by atoms with E-state index in [0.717, 1.165) is 0 Å². The molecule has 0 bridgehead atoms. The minimum absolute atomic E-state index is 0.0767. The van der Waals surface area contributed by atoms with Crippen LogP contribution in [0.2, 0.25) is 0 Å². The Morgan fingerprint density at radius 3 is 1.57 bits per heavy atom. The summed E-state index contributed by atoms with van der Waals surface area (Å²) < 4.78 is 21.0. The number of aliphatic hydroxyl groups is 2. The molecule has 0 aromatic heterocycles. The smallest absolute Gasteiger partial charge is 0.209 e. The summed E-state index contributed by atoms with van der Waals surface area (Å²) in [5.74, 6) is 0. The molecule has 6 nitrogen and oxygen atoms in total. The average Bonchev–Trinajstić information content (AvgIpc) is 2.86. The molecule has 6 heteroatoms. The molecule has 0 spiro atoms. The lowest BCUT2D eigenvalue weighted by atomic mass is 10.4. The third-order valence-electron chi connectivity index (χ3n) is 2.18. The van der Waals surface area contributed by atoms with Gasteiger partial charge in [0.15, 0.2) is 0 Å². The molecule has 2 aliphatic rings. The predicted molar refractivity (Wildman–Crippen MR) is 43.4 cm³/mol. The van der Waals surface area contributed by atoms with Crippen molar-refractivity contribution >= 4 is 0 Å². The SMILES string of the molecule is OCC1COC(C2OCC(CO)O2)O1. The molecule has 4 atom stereocenters. The van der Waals surface area contributed by atoms with Gasteiger partial charge in [-0.3, -0.25) is 0 Å². The van der Waals surface area contributed by atoms with Crippen molar-refractivity contribution in [1.29, 1.82) is 0 Å². The van der Waals surface area contributed by atoms with Gasteiger partial charge in [-0.25, -0.2) is 0 Å². The molecule has 2 fully saturated rings. The van der Waals surface area contributed by atoms with E-state index in [2.05, 4.69) is 0 Å². The molecule has 0 aromatic rings. The van der Waals surface area contributed by atoms with Crippen molar-refractivity contribution in [3.05, 3.63) is 0 Å². The molecular weight excluding hydrogens is 192 g/mol. The lowest BCUT2D eigenvalue weighted by molar-refractivity contribution is -0.216. The van der Waals surface area contributed by atoms with Gasteiger partial charge in [-0.2, -0.15) is 0 Å². The highest BCUT2D eigenvalue weighted by Crippen LogP contribution is 2.22. The van der Waals surface area contributed by atoms with Gasteiger partial charge >= 0.3 is 0 Å². The second kappa shape index (κ2) is 4.52. The van der Waals surface area contributed by atoms with Crippen LogP contribution >= 0.6 is 0 Å². The van der Waals surface area contributed by atoms with Gasteiger partial charge in [0, 0.05) is 0 Å². The lowest BCUT2D eigenvalue weighted by Crippen LogP contribution is -2.30. The summed E-state index contributed by atoms with van der Waals surface area (Å²) in [6.07, 6.45) is -1.80. The van der Waals surface area contributed by atoms with E-state index in [4.69, 9.17) is 29.2 Å². The zero-order valence-corrected chi connectivity index (χ0v) is 7.67. The van der Waals surface area contributed by atoms with E-state index in [1.54, 1.807) is 0 Å². The molecule has 2 heterocycles. The van der Waals surface area contributed by atoms with Crippen LogP contribution in [-0.2, 0) is 18.9 Å². The Labute approximate surface area is 81.3 Å². The number of hydrogen-bond donors (Lipinski definition) is 2. The minimum atomic E-state index is -0.594. The standard InChI is InChI=1S/C8H14O6/c9-1-5-3-11-7(13-5)8-12-4-6(2-10)14-8/h5-10H,1-4H2. The molecule has 4 unspecified atom stereocenters. The second-order valence-electron chi connectivity index (χ2n) is 3.28. The maximum atomic E-state index is 8.80. The fourth-order valence-electron chi connectivity index (χ4n) is 1.42. The number of rotatable bonds is 3. The van der Waals surface area contributed by atoms with Crippen LogP contribution in [0.1, 0.15) is 0 Å². The second-order valence-corrected chi connectivity index (χ2v) is 3.28. The summed E-state index contributed by atoms with van der Waals surface area (Å²) in [5, 5.41) is 17.6. The van der Waals surface area contributed by atoms with Gasteiger partial charge in [-0.1, -0.05) is 0 Å². The van der Waals surface area contributed by atoms with Gasteiger partial charge in [0.1, 0.15) is 12.2 Å². The normalized spacial score (nSPS) is 43.3. The average molecular weight is 206 g/mol. The van der Waals surface area contributed by atoms with E-state index in [9.17, 15) is 0 Å². The van der Waals surface area contributed by atoms with Crippen molar-refractivity contribution in [2.75, 3.05) is 26.4 Å². The van der Waals surface area contributed by atoms with Crippen molar-refractivity contribution in [1.82, 2.24) is 0 Å². The van der Waals surface area contributed by atoms with E-state index in [1.165, 1.54) is 0 Å². The fraction of sp³-hybridized carbons (Fsp3) is 1.00. The highest BCUT2D eigenvalue weighted by atomic mass is 16.8. The first-order valence-corrected chi connectivity index (χ1v) is 4.59. The Morgan fingerprint density at radius 2 is 1.29 bits per heavy atom. The van der Waals surface area contributed by atoms with Gasteiger partial charge in [0.2, 0.25) is 12.6 Å². The maximum Gasteiger partial charge on any atom is 0.209 e. The molecule has 2 saturated heterocycles. The topological polar surface area (TPSA) is 77.4 Å². The van der Waals surface area contributed by atoms with E-state index in [-0.39, 0.29) is 25.4 Å². The summed E-state index contributed by atoms with van der Waals surface area (Å²) in [6, 6.07) is 0. The number of ether oxygens (including phenoxy) is 4. The molecule has 14 heavy (non-hydrogen) atoms. The third-order valence-corrected chi connectivity index (χ3v) is 2.18. The van der Waals surface area contributed by atoms with E-state index < -0.39 is 12.6 Å². The summed E-state index contributed by atoms with van der Waals surface area (Å²) in [7, 11) is 0. The van der Waals surface area contributed by atoms with Gasteiger partial charge in [0.25, 0.3) is 0 Å². The zero-order valence-electron chi connectivity index (χ0n) is 7.67. The van der Waals surface area contributed by atoms with Crippen LogP contribution < -0.4 is 0 Å². The van der Waals surface area contributed by atoms with Gasteiger partial charge in [-0.15, -0.1) is 0 Å². The maximum absolute atomic E-state index is 8.80. The Bertz CT molecular complexity index is 167. The lowest BCUT2D eigenvalue weighted by Gasteiger charge is -2.16. The molecule has 0 radical (unpaired) electrons. The highest BCUT2D eigenvalue weighted by Gasteiger charge is 2.38. The van der Waals surface area contributed by atoms with E-state index >= 15 is 0 Å². The van der Waals surface area contributed by atoms with Crippen molar-refractivity contribution < 1.29 is 29.2 Å². The van der Waals surface area contributed by atoms with Crippen molar-refractivity contribution in [3.63, 3.8) is 0 Å². The molecule has 0 amide bonds. The monoisotopic (exact) mass is 206 g/mol. The van der Waals surface area contributed by atoms with Crippen LogP contribution in [0.15, 0.2) is 0 Å². The van der Waals surface area contributed by atoms with Crippen LogP contribution in [0.25, 0.3) is 0 Å². The Hall–Kier alpha value is -0.240. The predicted octanol–water partition coefficient (Wildman–Crippen LogP) is -1.55. The summed E-state index contributed by atoms with van der Waals surface area (Å²) >= 11 is 0. The van der Waals surface area contributed by atoms with E-state index in [0.29, 0.717) is 13.2 Å². The molecule has 2 aliphatic heterocycles. The summed E-state index contributed by atoms with van der Waals surface area (Å²) in [5.41, 5.74) is 0. The molecule has 2 N–H and O–H groups in total. The molecule has 0 aliphatic carbocycles. The van der Waals surface area contributed by atoms with Crippen LogP contribution in [0.4, 0.5) is 0 Å². The molecular formula is C8H14O6. The number of hydrogen-bond acceptors (Lipinski definition) is 6. The van der Waals surface area contributed by atoms with Crippen LogP contribution in [0, 0.1) is 0 Å². The Morgan fingerprint density at radius 1 is 0.857 bits per heavy atom. The van der Waals surface area contributed by atoms with Crippen LogP contribution in [0.5, 0.6) is 0 Å². The zero-order chi connectivity index (χ0) is 9.97. The van der Waals surface area contributed by atoms with E-state index in [1.807, 2.05) is 0 Å². The van der Waals surface area contributed by atoms with Crippen LogP contribution in [-0.4, -0.2) is 61.4 Å². The Balaban J connectivity index is 1.80. The van der Waals surface area contributed by atoms with Crippen molar-refractivity contribution in [3.8, 4) is 0 Å². The largest absolute Gasteiger partial charge is 0.394 e. The van der Waals surface area contributed by atoms with Gasteiger partial charge in [0.05, 0.1) is 26.4 Å². The Kier molecular flexibility index (Phi) is 3.32. The minimum Gasteiger partial charge on any atom is -0.394 e. The van der Waals surface area contributed by atoms with Crippen molar-refractivity contribution in [2.45, 2.75) is 24.8 Å². The first-order chi connectivity index (χ1) is 6.83. The molecule has 0 aromatic carbocycles. The highest BCUT2D eigenvalue weighted by molar-refractivity contribution is 4.72. The first-order valence-electron chi connectivity index (χ1n) is 4.59. The summed E-state index contributed by atoms with van der Waals surface area (Å²) in [6.45, 7) is 0.529. The first kappa shape index (κ1) is 10.3. The molecule has 0 saturated carbocycles. The molecule has 82 valence electrons. The quantitative estimate of drug-likeness (QED) is 0.582.